The molecule has 1 atom stereocenters. The Morgan fingerprint density at radius 3 is 2.31 bits per heavy atom. The van der Waals surface area contributed by atoms with Crippen molar-refractivity contribution < 1.29 is 19.0 Å². The highest BCUT2D eigenvalue weighted by Crippen LogP contribution is 2.28. The Balaban J connectivity index is 1.45. The Hall–Kier alpha value is -3.88. The van der Waals surface area contributed by atoms with E-state index in [1.165, 1.54) is 16.9 Å². The Labute approximate surface area is 234 Å². The van der Waals surface area contributed by atoms with E-state index in [0.717, 1.165) is 47.1 Å². The number of carbonyl (C=O) groups is 1. The van der Waals surface area contributed by atoms with Gasteiger partial charge in [0.25, 0.3) is 5.91 Å². The maximum absolute atomic E-state index is 12.9. The molecule has 0 radical (unpaired) electrons. The van der Waals surface area contributed by atoms with Crippen molar-refractivity contribution in [1.29, 1.82) is 0 Å². The lowest BCUT2D eigenvalue weighted by Crippen LogP contribution is -2.27. The zero-order chi connectivity index (χ0) is 27.6. The van der Waals surface area contributed by atoms with Crippen molar-refractivity contribution in [3.05, 3.63) is 106 Å². The predicted octanol–water partition coefficient (Wildman–Crippen LogP) is 5.90. The van der Waals surface area contributed by atoms with Gasteiger partial charge in [-0.1, -0.05) is 48.5 Å². The molecule has 0 bridgehead atoms. The summed E-state index contributed by atoms with van der Waals surface area (Å²) >= 11 is 1.51. The zero-order valence-corrected chi connectivity index (χ0v) is 23.7. The topological polar surface area (TPSA) is 72.9 Å². The minimum atomic E-state index is -0.166. The lowest BCUT2D eigenvalue weighted by Gasteiger charge is -2.22. The standard InChI is InChI=1S/C31H35N3O4S/c1-22(25-8-6-5-7-9-25)32-31(35)27-21-39-30(33-27)20-34(19-24-10-13-26(36-2)14-11-24)17-16-23-12-15-28(37-3)29(18-23)38-4/h5-15,18,21-22H,16-17,19-20H2,1-4H3,(H,32,35)/t22-/m0/s1. The number of amides is 1. The second kappa shape index (κ2) is 13.8. The number of carbonyl (C=O) groups excluding carboxylic acids is 1. The van der Waals surface area contributed by atoms with Crippen LogP contribution in [-0.4, -0.2) is 43.7 Å². The van der Waals surface area contributed by atoms with Crippen molar-refractivity contribution in [2.45, 2.75) is 32.5 Å². The van der Waals surface area contributed by atoms with Crippen molar-refractivity contribution in [2.24, 2.45) is 0 Å². The van der Waals surface area contributed by atoms with E-state index in [2.05, 4.69) is 33.4 Å². The van der Waals surface area contributed by atoms with Crippen LogP contribution in [-0.2, 0) is 19.5 Å². The Kier molecular flexibility index (Phi) is 9.94. The van der Waals surface area contributed by atoms with Crippen LogP contribution in [0.1, 0.15) is 45.2 Å². The van der Waals surface area contributed by atoms with Crippen molar-refractivity contribution in [2.75, 3.05) is 27.9 Å². The molecule has 0 aliphatic rings. The van der Waals surface area contributed by atoms with Crippen LogP contribution >= 0.6 is 11.3 Å². The second-order valence-corrected chi connectivity index (χ2v) is 10.2. The molecule has 1 N–H and O–H groups in total. The molecule has 1 heterocycles. The number of nitrogens with zero attached hydrogens (tertiary/aromatic N) is 2. The fourth-order valence-corrected chi connectivity index (χ4v) is 5.12. The van der Waals surface area contributed by atoms with Gasteiger partial charge >= 0.3 is 0 Å². The van der Waals surface area contributed by atoms with Gasteiger partial charge in [-0.2, -0.15) is 0 Å². The van der Waals surface area contributed by atoms with Gasteiger partial charge < -0.3 is 19.5 Å². The number of methoxy groups -OCH3 is 3. The average Bonchev–Trinajstić information content (AvgIpc) is 3.45. The smallest absolute Gasteiger partial charge is 0.271 e. The van der Waals surface area contributed by atoms with Gasteiger partial charge in [-0.25, -0.2) is 4.98 Å². The number of hydrogen-bond donors (Lipinski definition) is 1. The Morgan fingerprint density at radius 1 is 0.897 bits per heavy atom. The van der Waals surface area contributed by atoms with E-state index in [9.17, 15) is 4.79 Å². The molecule has 0 fully saturated rings. The number of thiazole rings is 1. The maximum atomic E-state index is 12.9. The molecule has 1 amide bonds. The molecule has 0 unspecified atom stereocenters. The molecule has 204 valence electrons. The molecule has 0 spiro atoms. The van der Waals surface area contributed by atoms with Gasteiger partial charge in [0.05, 0.1) is 33.9 Å². The normalized spacial score (nSPS) is 11.7. The van der Waals surface area contributed by atoms with Crippen LogP contribution in [0.25, 0.3) is 0 Å². The third kappa shape index (κ3) is 7.81. The summed E-state index contributed by atoms with van der Waals surface area (Å²) in [7, 11) is 4.95. The summed E-state index contributed by atoms with van der Waals surface area (Å²) in [6.45, 7) is 4.15. The van der Waals surface area contributed by atoms with Crippen molar-refractivity contribution >= 4 is 17.2 Å². The molecule has 0 saturated heterocycles. The maximum Gasteiger partial charge on any atom is 0.271 e. The summed E-state index contributed by atoms with van der Waals surface area (Å²) < 4.78 is 16.2. The average molecular weight is 546 g/mol. The first kappa shape index (κ1) is 28.1. The van der Waals surface area contributed by atoms with Gasteiger partial charge in [0, 0.05) is 18.5 Å². The summed E-state index contributed by atoms with van der Waals surface area (Å²) in [5.41, 5.74) is 3.83. The molecule has 0 aliphatic carbocycles. The Morgan fingerprint density at radius 2 is 1.62 bits per heavy atom. The van der Waals surface area contributed by atoms with Gasteiger partial charge in [0.1, 0.15) is 16.5 Å². The van der Waals surface area contributed by atoms with Crippen LogP contribution in [0.15, 0.2) is 78.2 Å². The molecular formula is C31H35N3O4S. The number of ether oxygens (including phenoxy) is 3. The lowest BCUT2D eigenvalue weighted by molar-refractivity contribution is 0.0935. The van der Waals surface area contributed by atoms with E-state index in [4.69, 9.17) is 14.2 Å². The van der Waals surface area contributed by atoms with Crippen molar-refractivity contribution in [1.82, 2.24) is 15.2 Å². The molecule has 7 nitrogen and oxygen atoms in total. The quantitative estimate of drug-likeness (QED) is 0.225. The third-order valence-corrected chi connectivity index (χ3v) is 7.35. The van der Waals surface area contributed by atoms with Crippen LogP contribution in [0.5, 0.6) is 17.2 Å². The SMILES string of the molecule is COc1ccc(CN(CCc2ccc(OC)c(OC)c2)Cc2nc(C(=O)N[C@@H](C)c3ccccc3)cs2)cc1. The summed E-state index contributed by atoms with van der Waals surface area (Å²) in [6, 6.07) is 23.9. The molecule has 3 aromatic carbocycles. The van der Waals surface area contributed by atoms with Gasteiger partial charge in [0.2, 0.25) is 0 Å². The van der Waals surface area contributed by atoms with Crippen LogP contribution < -0.4 is 19.5 Å². The molecule has 0 saturated carbocycles. The first-order chi connectivity index (χ1) is 19.0. The fourth-order valence-electron chi connectivity index (χ4n) is 4.30. The van der Waals surface area contributed by atoms with Crippen LogP contribution in [0, 0.1) is 0 Å². The number of nitrogens with one attached hydrogen (secondary N) is 1. The number of hydrogen-bond acceptors (Lipinski definition) is 7. The summed E-state index contributed by atoms with van der Waals surface area (Å²) in [5.74, 6) is 2.10. The molecule has 1 aromatic heterocycles. The van der Waals surface area contributed by atoms with E-state index in [-0.39, 0.29) is 11.9 Å². The molecular weight excluding hydrogens is 510 g/mol. The lowest BCUT2D eigenvalue weighted by atomic mass is 10.1. The predicted molar refractivity (Wildman–Crippen MR) is 155 cm³/mol. The fraction of sp³-hybridized carbons (Fsp3) is 0.290. The number of benzene rings is 3. The van der Waals surface area contributed by atoms with E-state index in [0.29, 0.717) is 18.0 Å². The number of rotatable bonds is 13. The third-order valence-electron chi connectivity index (χ3n) is 6.52. The van der Waals surface area contributed by atoms with Crippen LogP contribution in [0.2, 0.25) is 0 Å². The van der Waals surface area contributed by atoms with Crippen LogP contribution in [0.3, 0.4) is 0 Å². The minimum Gasteiger partial charge on any atom is -0.497 e. The summed E-state index contributed by atoms with van der Waals surface area (Å²) in [6.07, 6.45) is 0.823. The van der Waals surface area contributed by atoms with Crippen molar-refractivity contribution in [3.8, 4) is 17.2 Å². The first-order valence-electron chi connectivity index (χ1n) is 12.9. The Bertz CT molecular complexity index is 1340. The monoisotopic (exact) mass is 545 g/mol. The molecule has 0 aliphatic heterocycles. The zero-order valence-electron chi connectivity index (χ0n) is 22.8. The van der Waals surface area contributed by atoms with E-state index in [1.807, 2.05) is 66.9 Å². The molecule has 8 heteroatoms. The molecule has 4 aromatic rings. The number of aromatic nitrogens is 1. The van der Waals surface area contributed by atoms with Gasteiger partial charge in [-0.15, -0.1) is 11.3 Å². The van der Waals surface area contributed by atoms with E-state index >= 15 is 0 Å². The van der Waals surface area contributed by atoms with Gasteiger partial charge in [-0.3, -0.25) is 9.69 Å². The van der Waals surface area contributed by atoms with E-state index < -0.39 is 0 Å². The highest BCUT2D eigenvalue weighted by Gasteiger charge is 2.17. The second-order valence-electron chi connectivity index (χ2n) is 9.23. The van der Waals surface area contributed by atoms with Crippen molar-refractivity contribution in [3.63, 3.8) is 0 Å². The van der Waals surface area contributed by atoms with E-state index in [1.54, 1.807) is 21.3 Å². The van der Waals surface area contributed by atoms with Gasteiger partial charge in [0.15, 0.2) is 11.5 Å². The largest absolute Gasteiger partial charge is 0.497 e. The highest BCUT2D eigenvalue weighted by atomic mass is 32.1. The summed E-state index contributed by atoms with van der Waals surface area (Å²) in [5, 5.41) is 5.79. The summed E-state index contributed by atoms with van der Waals surface area (Å²) in [4.78, 5) is 19.9. The first-order valence-corrected chi connectivity index (χ1v) is 13.7. The van der Waals surface area contributed by atoms with Crippen LogP contribution in [0.4, 0.5) is 0 Å². The molecule has 39 heavy (non-hydrogen) atoms. The van der Waals surface area contributed by atoms with Gasteiger partial charge in [-0.05, 0) is 54.3 Å². The minimum absolute atomic E-state index is 0.100. The highest BCUT2D eigenvalue weighted by molar-refractivity contribution is 7.09. The molecule has 4 rings (SSSR count).